The maximum atomic E-state index is 6.17. The Balaban J connectivity index is 1.59. The van der Waals surface area contributed by atoms with Crippen LogP contribution in [0.15, 0.2) is 42.7 Å². The average molecular weight is 303 g/mol. The van der Waals surface area contributed by atoms with E-state index in [1.807, 2.05) is 24.3 Å². The van der Waals surface area contributed by atoms with E-state index in [0.717, 1.165) is 49.0 Å². The fourth-order valence-electron chi connectivity index (χ4n) is 2.66. The highest BCUT2D eigenvalue weighted by molar-refractivity contribution is 6.31. The first-order valence-electron chi connectivity index (χ1n) is 7.13. The minimum absolute atomic E-state index is 0.746. The van der Waals surface area contributed by atoms with Gasteiger partial charge >= 0.3 is 0 Å². The summed E-state index contributed by atoms with van der Waals surface area (Å²) in [5.74, 6) is 0. The number of nitrogens with zero attached hydrogens (tertiary/aromatic N) is 3. The maximum Gasteiger partial charge on any atom is 0.0634 e. The molecule has 2 aromatic rings. The fourth-order valence-corrected chi connectivity index (χ4v) is 2.84. The van der Waals surface area contributed by atoms with Crippen molar-refractivity contribution in [2.45, 2.75) is 6.54 Å². The smallest absolute Gasteiger partial charge is 0.0634 e. The number of aromatic nitrogens is 1. The largest absolute Gasteiger partial charge is 0.399 e. The predicted molar refractivity (Wildman–Crippen MR) is 87.6 cm³/mol. The van der Waals surface area contributed by atoms with Crippen LogP contribution in [0.3, 0.4) is 0 Å². The Morgan fingerprint density at radius 3 is 2.67 bits per heavy atom. The summed E-state index contributed by atoms with van der Waals surface area (Å²) in [7, 11) is 0. The summed E-state index contributed by atoms with van der Waals surface area (Å²) in [6.45, 7) is 4.94. The Morgan fingerprint density at radius 1 is 1.14 bits per heavy atom. The highest BCUT2D eigenvalue weighted by Crippen LogP contribution is 2.21. The highest BCUT2D eigenvalue weighted by atomic mass is 35.5. The summed E-state index contributed by atoms with van der Waals surface area (Å²) >= 11 is 6.17. The number of benzene rings is 1. The van der Waals surface area contributed by atoms with E-state index >= 15 is 0 Å². The SMILES string of the molecule is Nc1cccc(N2CCN(Cc3ccncc3Cl)CC2)c1. The van der Waals surface area contributed by atoms with Gasteiger partial charge in [-0.05, 0) is 29.8 Å². The Morgan fingerprint density at radius 2 is 1.95 bits per heavy atom. The van der Waals surface area contributed by atoms with E-state index in [1.165, 1.54) is 5.69 Å². The molecule has 0 unspecified atom stereocenters. The Kier molecular flexibility index (Phi) is 4.27. The van der Waals surface area contributed by atoms with Crippen molar-refractivity contribution in [3.63, 3.8) is 0 Å². The van der Waals surface area contributed by atoms with Gasteiger partial charge in [-0.1, -0.05) is 17.7 Å². The van der Waals surface area contributed by atoms with Crippen LogP contribution in [0, 0.1) is 0 Å². The first kappa shape index (κ1) is 14.2. The summed E-state index contributed by atoms with van der Waals surface area (Å²) in [6.07, 6.45) is 3.50. The molecule has 4 nitrogen and oxygen atoms in total. The second kappa shape index (κ2) is 6.33. The monoisotopic (exact) mass is 302 g/mol. The molecule has 1 aliphatic heterocycles. The first-order chi connectivity index (χ1) is 10.2. The molecule has 0 atom stereocenters. The third-order valence-electron chi connectivity index (χ3n) is 3.86. The zero-order valence-corrected chi connectivity index (χ0v) is 12.6. The van der Waals surface area contributed by atoms with Crippen LogP contribution >= 0.6 is 11.6 Å². The molecular formula is C16H19ClN4. The van der Waals surface area contributed by atoms with Gasteiger partial charge in [0.15, 0.2) is 0 Å². The van der Waals surface area contributed by atoms with Crippen LogP contribution in [-0.2, 0) is 6.54 Å². The van der Waals surface area contributed by atoms with E-state index in [4.69, 9.17) is 17.3 Å². The van der Waals surface area contributed by atoms with Crippen molar-refractivity contribution >= 4 is 23.0 Å². The van der Waals surface area contributed by atoms with Gasteiger partial charge in [-0.15, -0.1) is 0 Å². The lowest BCUT2D eigenvalue weighted by atomic mass is 10.2. The van der Waals surface area contributed by atoms with Crippen LogP contribution < -0.4 is 10.6 Å². The molecule has 1 saturated heterocycles. The Hall–Kier alpha value is -1.78. The van der Waals surface area contributed by atoms with Crippen molar-refractivity contribution in [2.24, 2.45) is 0 Å². The lowest BCUT2D eigenvalue weighted by Crippen LogP contribution is -2.46. The summed E-state index contributed by atoms with van der Waals surface area (Å²) in [5, 5.41) is 0.746. The molecule has 0 spiro atoms. The topological polar surface area (TPSA) is 45.4 Å². The van der Waals surface area contributed by atoms with E-state index in [1.54, 1.807) is 12.4 Å². The van der Waals surface area contributed by atoms with E-state index in [2.05, 4.69) is 20.9 Å². The first-order valence-corrected chi connectivity index (χ1v) is 7.51. The molecule has 1 aromatic carbocycles. The number of anilines is 2. The van der Waals surface area contributed by atoms with Gasteiger partial charge in [0.1, 0.15) is 0 Å². The van der Waals surface area contributed by atoms with Gasteiger partial charge in [0.2, 0.25) is 0 Å². The van der Waals surface area contributed by atoms with Gasteiger partial charge in [0.05, 0.1) is 5.02 Å². The number of hydrogen-bond donors (Lipinski definition) is 1. The van der Waals surface area contributed by atoms with E-state index < -0.39 is 0 Å². The highest BCUT2D eigenvalue weighted by Gasteiger charge is 2.18. The number of halogens is 1. The molecule has 3 rings (SSSR count). The molecule has 0 aliphatic carbocycles. The van der Waals surface area contributed by atoms with Crippen LogP contribution in [0.1, 0.15) is 5.56 Å². The van der Waals surface area contributed by atoms with Crippen molar-refractivity contribution < 1.29 is 0 Å². The molecule has 0 amide bonds. The third-order valence-corrected chi connectivity index (χ3v) is 4.20. The van der Waals surface area contributed by atoms with Crippen LogP contribution in [0.2, 0.25) is 5.02 Å². The molecule has 1 fully saturated rings. The molecule has 2 heterocycles. The molecule has 1 aromatic heterocycles. The van der Waals surface area contributed by atoms with Crippen LogP contribution in [0.5, 0.6) is 0 Å². The maximum absolute atomic E-state index is 6.17. The summed E-state index contributed by atoms with van der Waals surface area (Å²) < 4.78 is 0. The second-order valence-corrected chi connectivity index (χ2v) is 5.73. The number of rotatable bonds is 3. The number of nitrogen functional groups attached to an aromatic ring is 1. The predicted octanol–water partition coefficient (Wildman–Crippen LogP) is 2.64. The molecule has 21 heavy (non-hydrogen) atoms. The molecule has 0 radical (unpaired) electrons. The van der Waals surface area contributed by atoms with Crippen LogP contribution in [-0.4, -0.2) is 36.1 Å². The van der Waals surface area contributed by atoms with Crippen LogP contribution in [0.25, 0.3) is 0 Å². The van der Waals surface area contributed by atoms with Gasteiger partial charge in [-0.3, -0.25) is 9.88 Å². The van der Waals surface area contributed by atoms with Gasteiger partial charge in [0.25, 0.3) is 0 Å². The van der Waals surface area contributed by atoms with Crippen molar-refractivity contribution in [1.82, 2.24) is 9.88 Å². The summed E-state index contributed by atoms with van der Waals surface area (Å²) in [6, 6.07) is 10.1. The molecule has 1 aliphatic rings. The van der Waals surface area contributed by atoms with Gasteiger partial charge in [-0.2, -0.15) is 0 Å². The molecule has 2 N–H and O–H groups in total. The van der Waals surface area contributed by atoms with Crippen molar-refractivity contribution in [2.75, 3.05) is 36.8 Å². The van der Waals surface area contributed by atoms with Crippen molar-refractivity contribution in [3.8, 4) is 0 Å². The van der Waals surface area contributed by atoms with Crippen molar-refractivity contribution in [3.05, 3.63) is 53.3 Å². The quantitative estimate of drug-likeness (QED) is 0.885. The van der Waals surface area contributed by atoms with Gasteiger partial charge < -0.3 is 10.6 Å². The minimum atomic E-state index is 0.746. The van der Waals surface area contributed by atoms with Gasteiger partial charge in [-0.25, -0.2) is 0 Å². The van der Waals surface area contributed by atoms with Crippen LogP contribution in [0.4, 0.5) is 11.4 Å². The van der Waals surface area contributed by atoms with E-state index in [-0.39, 0.29) is 0 Å². The molecular weight excluding hydrogens is 284 g/mol. The zero-order chi connectivity index (χ0) is 14.7. The standard InChI is InChI=1S/C16H19ClN4/c17-16-11-19-5-4-13(16)12-20-6-8-21(9-7-20)15-3-1-2-14(18)10-15/h1-5,10-11H,6-9,12,18H2. The summed E-state index contributed by atoms with van der Waals surface area (Å²) in [5.41, 5.74) is 9.02. The molecule has 0 bridgehead atoms. The molecule has 5 heteroatoms. The van der Waals surface area contributed by atoms with Crippen molar-refractivity contribution in [1.29, 1.82) is 0 Å². The molecule has 110 valence electrons. The minimum Gasteiger partial charge on any atom is -0.399 e. The second-order valence-electron chi connectivity index (χ2n) is 5.33. The zero-order valence-electron chi connectivity index (χ0n) is 11.9. The third kappa shape index (κ3) is 3.46. The number of nitrogens with two attached hydrogens (primary N) is 1. The summed E-state index contributed by atoms with van der Waals surface area (Å²) in [4.78, 5) is 8.82. The van der Waals surface area contributed by atoms with E-state index in [9.17, 15) is 0 Å². The normalized spacial score (nSPS) is 16.1. The number of hydrogen-bond acceptors (Lipinski definition) is 4. The number of pyridine rings is 1. The fraction of sp³-hybridized carbons (Fsp3) is 0.312. The Bertz CT molecular complexity index is 609. The molecule has 0 saturated carbocycles. The number of piperazine rings is 1. The lowest BCUT2D eigenvalue weighted by Gasteiger charge is -2.36. The van der Waals surface area contributed by atoms with E-state index in [0.29, 0.717) is 0 Å². The van der Waals surface area contributed by atoms with Gasteiger partial charge in [0, 0.05) is 56.5 Å². The Labute approximate surface area is 130 Å². The average Bonchev–Trinajstić information content (AvgIpc) is 2.50. The lowest BCUT2D eigenvalue weighted by molar-refractivity contribution is 0.250.